The van der Waals surface area contributed by atoms with E-state index < -0.39 is 0 Å². The van der Waals surface area contributed by atoms with E-state index in [1.165, 1.54) is 0 Å². The van der Waals surface area contributed by atoms with Crippen molar-refractivity contribution in [1.82, 2.24) is 25.0 Å². The number of likely N-dealkylation sites (N-methyl/N-ethyl adjacent to an activating group) is 1. The molecule has 0 fully saturated rings. The predicted octanol–water partition coefficient (Wildman–Crippen LogP) is 3.32. The summed E-state index contributed by atoms with van der Waals surface area (Å²) in [6.45, 7) is 8.64. The molecule has 0 radical (unpaired) electrons. The molecule has 150 valence electrons. The number of hydrogen-bond acceptors (Lipinski definition) is 4. The lowest BCUT2D eigenvalue weighted by Gasteiger charge is -2.15. The minimum atomic E-state index is -0.163. The molecule has 2 aromatic heterocycles. The van der Waals surface area contributed by atoms with Gasteiger partial charge in [-0.05, 0) is 44.4 Å². The van der Waals surface area contributed by atoms with Crippen molar-refractivity contribution in [1.29, 1.82) is 0 Å². The van der Waals surface area contributed by atoms with Gasteiger partial charge in [0.25, 0.3) is 5.56 Å². The number of aromatic nitrogens is 3. The molecule has 7 heteroatoms. The molecular formula is C21H28ClN5O. The molecule has 3 rings (SSSR count). The van der Waals surface area contributed by atoms with Crippen LogP contribution >= 0.6 is 11.6 Å². The minimum absolute atomic E-state index is 0.0968. The van der Waals surface area contributed by atoms with Crippen LogP contribution in [0, 0.1) is 0 Å². The van der Waals surface area contributed by atoms with Gasteiger partial charge >= 0.3 is 0 Å². The van der Waals surface area contributed by atoms with Crippen LogP contribution in [0.2, 0.25) is 5.02 Å². The molecule has 6 nitrogen and oxygen atoms in total. The highest BCUT2D eigenvalue weighted by Crippen LogP contribution is 2.30. The Balaban J connectivity index is 2.06. The molecular weight excluding hydrogens is 374 g/mol. The fourth-order valence-electron chi connectivity index (χ4n) is 3.09. The van der Waals surface area contributed by atoms with Gasteiger partial charge in [0.15, 0.2) is 0 Å². The lowest BCUT2D eigenvalue weighted by Crippen LogP contribution is -2.28. The highest BCUT2D eigenvalue weighted by atomic mass is 35.5. The van der Waals surface area contributed by atoms with Gasteiger partial charge in [-0.25, -0.2) is 4.68 Å². The van der Waals surface area contributed by atoms with E-state index in [0.29, 0.717) is 22.8 Å². The van der Waals surface area contributed by atoms with Crippen molar-refractivity contribution in [3.05, 3.63) is 57.0 Å². The van der Waals surface area contributed by atoms with E-state index in [9.17, 15) is 4.79 Å². The van der Waals surface area contributed by atoms with Crippen LogP contribution in [0.15, 0.2) is 35.1 Å². The zero-order valence-corrected chi connectivity index (χ0v) is 17.9. The van der Waals surface area contributed by atoms with Crippen molar-refractivity contribution in [3.63, 3.8) is 0 Å². The van der Waals surface area contributed by atoms with Crippen LogP contribution in [-0.4, -0.2) is 46.8 Å². The molecule has 1 aromatic carbocycles. The SMILES string of the molecule is CN(C)CCNCc1cc2c(C(C)(C)C)nn(-c3ccc(Cl)cc3)c2[nH]c1=O. The number of benzene rings is 1. The topological polar surface area (TPSA) is 66.0 Å². The van der Waals surface area contributed by atoms with Crippen molar-refractivity contribution in [2.24, 2.45) is 0 Å². The molecule has 0 aliphatic heterocycles. The summed E-state index contributed by atoms with van der Waals surface area (Å²) in [5.41, 5.74) is 2.96. The number of nitrogens with zero attached hydrogens (tertiary/aromatic N) is 3. The van der Waals surface area contributed by atoms with Crippen LogP contribution in [0.1, 0.15) is 32.0 Å². The zero-order chi connectivity index (χ0) is 20.5. The number of halogens is 1. The summed E-state index contributed by atoms with van der Waals surface area (Å²) in [7, 11) is 4.06. The molecule has 0 atom stereocenters. The Morgan fingerprint density at radius 2 is 1.89 bits per heavy atom. The number of rotatable bonds is 6. The highest BCUT2D eigenvalue weighted by Gasteiger charge is 2.24. The van der Waals surface area contributed by atoms with Crippen LogP contribution in [-0.2, 0) is 12.0 Å². The molecule has 2 N–H and O–H groups in total. The second-order valence-corrected chi connectivity index (χ2v) is 8.79. The second kappa shape index (κ2) is 8.07. The second-order valence-electron chi connectivity index (χ2n) is 8.35. The fraction of sp³-hybridized carbons (Fsp3) is 0.429. The third-order valence-electron chi connectivity index (χ3n) is 4.60. The Morgan fingerprint density at radius 1 is 1.21 bits per heavy atom. The van der Waals surface area contributed by atoms with E-state index in [1.807, 2.05) is 44.4 Å². The van der Waals surface area contributed by atoms with Crippen LogP contribution in [0.3, 0.4) is 0 Å². The molecule has 0 bridgehead atoms. The first-order chi connectivity index (χ1) is 13.2. The van der Waals surface area contributed by atoms with Gasteiger partial charge in [-0.2, -0.15) is 5.10 Å². The number of pyridine rings is 1. The van der Waals surface area contributed by atoms with Crippen molar-refractivity contribution in [2.45, 2.75) is 32.7 Å². The molecule has 0 saturated carbocycles. The van der Waals surface area contributed by atoms with Gasteiger partial charge in [-0.15, -0.1) is 0 Å². The number of aromatic amines is 1. The molecule has 28 heavy (non-hydrogen) atoms. The standard InChI is InChI=1S/C21H28ClN5O/c1-21(2,3)18-17-12-14(13-23-10-11-26(4)5)20(28)24-19(17)27(25-18)16-8-6-15(22)7-9-16/h6-9,12,23H,10-11,13H2,1-5H3,(H,24,28). The average Bonchev–Trinajstić information content (AvgIpc) is 2.98. The summed E-state index contributed by atoms with van der Waals surface area (Å²) in [5.74, 6) is 0. The number of nitrogens with one attached hydrogen (secondary N) is 2. The monoisotopic (exact) mass is 401 g/mol. The van der Waals surface area contributed by atoms with E-state index in [2.05, 4.69) is 36.0 Å². The first-order valence-electron chi connectivity index (χ1n) is 9.43. The Kier molecular flexibility index (Phi) is 5.93. The first-order valence-corrected chi connectivity index (χ1v) is 9.81. The van der Waals surface area contributed by atoms with Gasteiger partial charge in [0, 0.05) is 41.0 Å². The predicted molar refractivity (Wildman–Crippen MR) is 116 cm³/mol. The van der Waals surface area contributed by atoms with E-state index in [4.69, 9.17) is 16.7 Å². The van der Waals surface area contributed by atoms with Crippen LogP contribution < -0.4 is 10.9 Å². The number of hydrogen-bond donors (Lipinski definition) is 2. The Bertz CT molecular complexity index is 1010. The van der Waals surface area contributed by atoms with E-state index >= 15 is 0 Å². The Morgan fingerprint density at radius 3 is 2.50 bits per heavy atom. The zero-order valence-electron chi connectivity index (χ0n) is 17.1. The third-order valence-corrected chi connectivity index (χ3v) is 4.85. The summed E-state index contributed by atoms with van der Waals surface area (Å²) >= 11 is 6.02. The minimum Gasteiger partial charge on any atom is -0.311 e. The molecule has 3 aromatic rings. The van der Waals surface area contributed by atoms with Crippen LogP contribution in [0.4, 0.5) is 0 Å². The summed E-state index contributed by atoms with van der Waals surface area (Å²) in [4.78, 5) is 17.8. The van der Waals surface area contributed by atoms with Crippen molar-refractivity contribution in [2.75, 3.05) is 27.2 Å². The van der Waals surface area contributed by atoms with Gasteiger partial charge in [-0.3, -0.25) is 4.79 Å². The van der Waals surface area contributed by atoms with Crippen molar-refractivity contribution < 1.29 is 0 Å². The summed E-state index contributed by atoms with van der Waals surface area (Å²) in [5, 5.41) is 9.80. The number of fused-ring (bicyclic) bond motifs is 1. The molecule has 0 aliphatic rings. The molecule has 0 aliphatic carbocycles. The maximum Gasteiger partial charge on any atom is 0.254 e. The Hall–Kier alpha value is -2.15. The largest absolute Gasteiger partial charge is 0.311 e. The summed E-state index contributed by atoms with van der Waals surface area (Å²) in [6, 6.07) is 9.41. The normalized spacial score (nSPS) is 12.2. The molecule has 0 spiro atoms. The molecule has 0 unspecified atom stereocenters. The quantitative estimate of drug-likeness (QED) is 0.622. The third kappa shape index (κ3) is 4.46. The van der Waals surface area contributed by atoms with E-state index in [0.717, 1.165) is 29.9 Å². The molecule has 0 saturated heterocycles. The lowest BCUT2D eigenvalue weighted by atomic mass is 9.90. The van der Waals surface area contributed by atoms with Gasteiger partial charge in [0.1, 0.15) is 5.65 Å². The van der Waals surface area contributed by atoms with E-state index in [-0.39, 0.29) is 11.0 Å². The van der Waals surface area contributed by atoms with Crippen molar-refractivity contribution >= 4 is 22.6 Å². The van der Waals surface area contributed by atoms with Gasteiger partial charge in [0.2, 0.25) is 0 Å². The smallest absolute Gasteiger partial charge is 0.254 e. The maximum absolute atomic E-state index is 12.7. The highest BCUT2D eigenvalue weighted by molar-refractivity contribution is 6.30. The average molecular weight is 402 g/mol. The lowest BCUT2D eigenvalue weighted by molar-refractivity contribution is 0.400. The summed E-state index contributed by atoms with van der Waals surface area (Å²) in [6.07, 6.45) is 0. The van der Waals surface area contributed by atoms with Crippen LogP contribution in [0.5, 0.6) is 0 Å². The van der Waals surface area contributed by atoms with Gasteiger partial charge in [0.05, 0.1) is 11.4 Å². The molecule has 0 amide bonds. The van der Waals surface area contributed by atoms with E-state index in [1.54, 1.807) is 4.68 Å². The van der Waals surface area contributed by atoms with Gasteiger partial charge in [-0.1, -0.05) is 32.4 Å². The fourth-order valence-corrected chi connectivity index (χ4v) is 3.22. The number of H-pyrrole nitrogens is 1. The summed E-state index contributed by atoms with van der Waals surface area (Å²) < 4.78 is 1.79. The van der Waals surface area contributed by atoms with Gasteiger partial charge < -0.3 is 15.2 Å². The van der Waals surface area contributed by atoms with Crippen LogP contribution in [0.25, 0.3) is 16.7 Å². The molecule has 2 heterocycles. The maximum atomic E-state index is 12.7. The Labute approximate surface area is 170 Å². The first kappa shape index (κ1) is 20.6. The van der Waals surface area contributed by atoms with Crippen molar-refractivity contribution in [3.8, 4) is 5.69 Å².